The van der Waals surface area contributed by atoms with Crippen LogP contribution in [0.3, 0.4) is 0 Å². The third kappa shape index (κ3) is 3.68. The number of aromatic nitrogens is 7. The normalized spacial score (nSPS) is 13.0. The Kier molecular flexibility index (Phi) is 4.32. The summed E-state index contributed by atoms with van der Waals surface area (Å²) in [4.78, 5) is 22.8. The standard InChI is InChI=1S/C17H16F3N9/c1-8(13-23-6-12(25-13)17(18,19)20)24-16-27-14(26-15(21)28-16)10-3-4-11-5-22-9(2)29(11)7-10/h3-8H,1-2H3,(H,23,25)(H3,21,24,26,27,28). The average Bonchev–Trinajstić information content (AvgIpc) is 3.28. The van der Waals surface area contributed by atoms with E-state index in [-0.39, 0.29) is 17.7 Å². The van der Waals surface area contributed by atoms with Gasteiger partial charge in [-0.15, -0.1) is 0 Å². The number of halogens is 3. The monoisotopic (exact) mass is 403 g/mol. The molecule has 4 N–H and O–H groups in total. The van der Waals surface area contributed by atoms with Gasteiger partial charge in [-0.05, 0) is 26.0 Å². The van der Waals surface area contributed by atoms with Crippen LogP contribution in [0.1, 0.15) is 30.3 Å². The lowest BCUT2D eigenvalue weighted by atomic mass is 10.2. The molecule has 9 nitrogen and oxygen atoms in total. The molecular formula is C17H16F3N9. The predicted molar refractivity (Wildman–Crippen MR) is 98.8 cm³/mol. The number of aryl methyl sites for hydroxylation is 1. The van der Waals surface area contributed by atoms with E-state index in [1.807, 2.05) is 29.7 Å². The molecule has 0 aromatic carbocycles. The molecule has 150 valence electrons. The summed E-state index contributed by atoms with van der Waals surface area (Å²) in [5.74, 6) is 1.30. The Morgan fingerprint density at radius 3 is 2.69 bits per heavy atom. The molecular weight excluding hydrogens is 387 g/mol. The molecule has 0 bridgehead atoms. The highest BCUT2D eigenvalue weighted by molar-refractivity contribution is 5.61. The highest BCUT2D eigenvalue weighted by Crippen LogP contribution is 2.28. The molecule has 1 atom stereocenters. The van der Waals surface area contributed by atoms with Crippen LogP contribution in [0.4, 0.5) is 25.1 Å². The molecule has 0 fully saturated rings. The van der Waals surface area contributed by atoms with Crippen LogP contribution in [0.15, 0.2) is 30.7 Å². The Morgan fingerprint density at radius 2 is 1.97 bits per heavy atom. The van der Waals surface area contributed by atoms with Crippen molar-refractivity contribution in [3.05, 3.63) is 48.1 Å². The number of pyridine rings is 1. The van der Waals surface area contributed by atoms with Crippen LogP contribution in [0, 0.1) is 6.92 Å². The van der Waals surface area contributed by atoms with Crippen molar-refractivity contribution in [3.63, 3.8) is 0 Å². The van der Waals surface area contributed by atoms with Gasteiger partial charge in [0.15, 0.2) is 11.5 Å². The summed E-state index contributed by atoms with van der Waals surface area (Å²) in [7, 11) is 0. The van der Waals surface area contributed by atoms with E-state index in [2.05, 4.69) is 35.2 Å². The second kappa shape index (κ2) is 6.72. The van der Waals surface area contributed by atoms with E-state index < -0.39 is 17.9 Å². The van der Waals surface area contributed by atoms with Gasteiger partial charge in [0.05, 0.1) is 17.8 Å². The minimum atomic E-state index is -4.52. The number of nitrogen functional groups attached to an aromatic ring is 1. The zero-order chi connectivity index (χ0) is 20.8. The fraction of sp³-hybridized carbons (Fsp3) is 0.235. The number of fused-ring (bicyclic) bond motifs is 1. The fourth-order valence-corrected chi connectivity index (χ4v) is 2.80. The van der Waals surface area contributed by atoms with Crippen LogP contribution >= 0.6 is 0 Å². The van der Waals surface area contributed by atoms with E-state index in [1.54, 1.807) is 13.1 Å². The molecule has 29 heavy (non-hydrogen) atoms. The maximum Gasteiger partial charge on any atom is 0.434 e. The molecule has 0 spiro atoms. The average molecular weight is 403 g/mol. The number of anilines is 2. The summed E-state index contributed by atoms with van der Waals surface area (Å²) in [5, 5.41) is 2.90. The van der Waals surface area contributed by atoms with Crippen LogP contribution in [0.5, 0.6) is 0 Å². The molecule has 0 aliphatic carbocycles. The van der Waals surface area contributed by atoms with Crippen molar-refractivity contribution in [2.45, 2.75) is 26.1 Å². The Balaban J connectivity index is 1.62. The van der Waals surface area contributed by atoms with Gasteiger partial charge in [-0.1, -0.05) is 0 Å². The first-order chi connectivity index (χ1) is 13.7. The van der Waals surface area contributed by atoms with E-state index in [4.69, 9.17) is 5.73 Å². The third-order valence-electron chi connectivity index (χ3n) is 4.27. The molecule has 4 rings (SSSR count). The van der Waals surface area contributed by atoms with E-state index in [9.17, 15) is 13.2 Å². The fourth-order valence-electron chi connectivity index (χ4n) is 2.80. The number of nitrogens with one attached hydrogen (secondary N) is 2. The minimum Gasteiger partial charge on any atom is -0.368 e. The van der Waals surface area contributed by atoms with Crippen LogP contribution in [-0.4, -0.2) is 34.3 Å². The predicted octanol–water partition coefficient (Wildman–Crippen LogP) is 2.99. The smallest absolute Gasteiger partial charge is 0.368 e. The lowest BCUT2D eigenvalue weighted by Gasteiger charge is -2.12. The molecule has 0 radical (unpaired) electrons. The molecule has 0 aliphatic heterocycles. The molecule has 4 aromatic heterocycles. The van der Waals surface area contributed by atoms with Crippen LogP contribution in [0.25, 0.3) is 16.9 Å². The van der Waals surface area contributed by atoms with Crippen molar-refractivity contribution in [2.75, 3.05) is 11.1 Å². The van der Waals surface area contributed by atoms with Crippen molar-refractivity contribution in [3.8, 4) is 11.4 Å². The summed E-state index contributed by atoms with van der Waals surface area (Å²) in [6.07, 6.45) is -0.150. The molecule has 1 unspecified atom stereocenters. The molecule has 4 heterocycles. The minimum absolute atomic E-state index is 0.0254. The summed E-state index contributed by atoms with van der Waals surface area (Å²) >= 11 is 0. The number of alkyl halides is 3. The van der Waals surface area contributed by atoms with Gasteiger partial charge in [-0.25, -0.2) is 9.97 Å². The Labute approximate surface area is 162 Å². The van der Waals surface area contributed by atoms with Gasteiger partial charge in [0.1, 0.15) is 11.6 Å². The van der Waals surface area contributed by atoms with Gasteiger partial charge in [-0.3, -0.25) is 0 Å². The van der Waals surface area contributed by atoms with Crippen molar-refractivity contribution >= 4 is 17.4 Å². The van der Waals surface area contributed by atoms with E-state index in [0.29, 0.717) is 11.4 Å². The van der Waals surface area contributed by atoms with Crippen molar-refractivity contribution in [1.82, 2.24) is 34.3 Å². The molecule has 0 saturated carbocycles. The molecule has 0 aliphatic rings. The van der Waals surface area contributed by atoms with Gasteiger partial charge in [0, 0.05) is 18.0 Å². The van der Waals surface area contributed by atoms with E-state index >= 15 is 0 Å². The molecule has 4 aromatic rings. The van der Waals surface area contributed by atoms with Gasteiger partial charge in [0.2, 0.25) is 11.9 Å². The quantitative estimate of drug-likeness (QED) is 0.479. The number of nitrogens with zero attached hydrogens (tertiary/aromatic N) is 6. The van der Waals surface area contributed by atoms with E-state index in [0.717, 1.165) is 17.5 Å². The van der Waals surface area contributed by atoms with Crippen LogP contribution in [-0.2, 0) is 6.18 Å². The zero-order valence-electron chi connectivity index (χ0n) is 15.4. The van der Waals surface area contributed by atoms with Crippen molar-refractivity contribution in [2.24, 2.45) is 0 Å². The van der Waals surface area contributed by atoms with Crippen LogP contribution in [0.2, 0.25) is 0 Å². The van der Waals surface area contributed by atoms with Crippen molar-refractivity contribution in [1.29, 1.82) is 0 Å². The third-order valence-corrected chi connectivity index (χ3v) is 4.27. The van der Waals surface area contributed by atoms with Gasteiger partial charge >= 0.3 is 6.18 Å². The Morgan fingerprint density at radius 1 is 1.17 bits per heavy atom. The second-order valence-electron chi connectivity index (χ2n) is 6.39. The first-order valence-electron chi connectivity index (χ1n) is 8.55. The summed E-state index contributed by atoms with van der Waals surface area (Å²) in [6.45, 7) is 3.49. The topological polar surface area (TPSA) is 123 Å². The van der Waals surface area contributed by atoms with Gasteiger partial charge in [0.25, 0.3) is 0 Å². The number of hydrogen-bond acceptors (Lipinski definition) is 7. The van der Waals surface area contributed by atoms with Gasteiger partial charge < -0.3 is 20.4 Å². The van der Waals surface area contributed by atoms with Crippen LogP contribution < -0.4 is 11.1 Å². The van der Waals surface area contributed by atoms with E-state index in [1.165, 1.54) is 0 Å². The number of rotatable bonds is 4. The largest absolute Gasteiger partial charge is 0.434 e. The maximum atomic E-state index is 12.7. The Bertz CT molecular complexity index is 1180. The highest BCUT2D eigenvalue weighted by Gasteiger charge is 2.34. The maximum absolute atomic E-state index is 12.7. The lowest BCUT2D eigenvalue weighted by molar-refractivity contribution is -0.140. The summed E-state index contributed by atoms with van der Waals surface area (Å²) < 4.78 is 40.1. The number of aromatic amines is 1. The second-order valence-corrected chi connectivity index (χ2v) is 6.39. The number of hydrogen-bond donors (Lipinski definition) is 3. The SMILES string of the molecule is Cc1ncc2ccc(-c3nc(N)nc(NC(C)c4nc(C(F)(F)F)c[nH]4)n3)cn12. The molecule has 0 saturated heterocycles. The lowest BCUT2D eigenvalue weighted by Crippen LogP contribution is -2.14. The summed E-state index contributed by atoms with van der Waals surface area (Å²) in [5.41, 5.74) is 6.40. The number of imidazole rings is 2. The molecule has 12 heteroatoms. The Hall–Kier alpha value is -3.70. The highest BCUT2D eigenvalue weighted by atomic mass is 19.4. The molecule has 0 amide bonds. The first-order valence-corrected chi connectivity index (χ1v) is 8.55. The summed E-state index contributed by atoms with van der Waals surface area (Å²) in [6, 6.07) is 3.06. The van der Waals surface area contributed by atoms with Crippen molar-refractivity contribution < 1.29 is 13.2 Å². The number of nitrogens with two attached hydrogens (primary N) is 1. The van der Waals surface area contributed by atoms with Gasteiger partial charge in [-0.2, -0.15) is 28.1 Å². The number of H-pyrrole nitrogens is 1. The zero-order valence-corrected chi connectivity index (χ0v) is 15.4. The first kappa shape index (κ1) is 18.7.